The van der Waals surface area contributed by atoms with Gasteiger partial charge in [0.05, 0.1) is 5.69 Å². The van der Waals surface area contributed by atoms with E-state index in [2.05, 4.69) is 10.3 Å². The van der Waals surface area contributed by atoms with Gasteiger partial charge in [0.1, 0.15) is 22.3 Å². The molecule has 1 aromatic heterocycles. The molecule has 0 aliphatic carbocycles. The van der Waals surface area contributed by atoms with Gasteiger partial charge in [0, 0.05) is 12.2 Å². The maximum atomic E-state index is 14.3. The monoisotopic (exact) mass is 415 g/mol. The third kappa shape index (κ3) is 4.54. The Bertz CT molecular complexity index is 862. The van der Waals surface area contributed by atoms with Crippen LogP contribution < -0.4 is 10.2 Å². The van der Waals surface area contributed by atoms with Gasteiger partial charge in [0.15, 0.2) is 5.82 Å². The summed E-state index contributed by atoms with van der Waals surface area (Å²) >= 11 is 12.5. The molecular formula is C18H20Cl2FN3O3. The molecule has 0 radical (unpaired) electrons. The molecule has 1 heterocycles. The van der Waals surface area contributed by atoms with Gasteiger partial charge in [0.2, 0.25) is 5.95 Å². The number of anilines is 3. The molecule has 0 saturated heterocycles. The van der Waals surface area contributed by atoms with Crippen molar-refractivity contribution in [2.75, 3.05) is 23.3 Å². The number of nitrogens with one attached hydrogen (secondary N) is 1. The quantitative estimate of drug-likeness (QED) is 0.550. The molecule has 0 atom stereocenters. The maximum absolute atomic E-state index is 14.3. The van der Waals surface area contributed by atoms with Crippen LogP contribution in [0.2, 0.25) is 10.0 Å². The lowest BCUT2D eigenvalue weighted by molar-refractivity contribution is -0.134. The van der Waals surface area contributed by atoms with Crippen molar-refractivity contribution in [1.82, 2.24) is 4.98 Å². The van der Waals surface area contributed by atoms with E-state index in [1.54, 1.807) is 23.1 Å². The fourth-order valence-corrected chi connectivity index (χ4v) is 3.25. The van der Waals surface area contributed by atoms with Gasteiger partial charge >= 0.3 is 5.97 Å². The molecule has 146 valence electrons. The van der Waals surface area contributed by atoms with Gasteiger partial charge in [-0.15, -0.1) is 0 Å². The number of rotatable bonds is 7. The summed E-state index contributed by atoms with van der Waals surface area (Å²) in [4.78, 5) is 16.1. The number of halogens is 3. The van der Waals surface area contributed by atoms with E-state index in [4.69, 9.17) is 28.3 Å². The van der Waals surface area contributed by atoms with Crippen LogP contribution in [0.1, 0.15) is 32.3 Å². The number of carboxylic acid groups (broad SMARTS) is 1. The Balaban J connectivity index is 2.59. The Kier molecular flexibility index (Phi) is 6.73. The van der Waals surface area contributed by atoms with Crippen LogP contribution in [-0.2, 0) is 4.79 Å². The molecule has 2 rings (SSSR count). The number of nitrogens with zero attached hydrogens (tertiary/aromatic N) is 2. The number of phenols is 1. The molecule has 0 amide bonds. The molecule has 0 aliphatic rings. The van der Waals surface area contributed by atoms with Crippen LogP contribution in [0.15, 0.2) is 18.2 Å². The average molecular weight is 416 g/mol. The zero-order chi connectivity index (χ0) is 20.3. The van der Waals surface area contributed by atoms with Crippen LogP contribution in [0.3, 0.4) is 0 Å². The van der Waals surface area contributed by atoms with E-state index in [0.717, 1.165) is 5.56 Å². The predicted octanol–water partition coefficient (Wildman–Crippen LogP) is 5.01. The number of hydrogen-bond donors (Lipinski definition) is 3. The van der Waals surface area contributed by atoms with E-state index in [0.29, 0.717) is 12.2 Å². The van der Waals surface area contributed by atoms with E-state index in [1.165, 1.54) is 0 Å². The normalized spacial score (nSPS) is 10.9. The van der Waals surface area contributed by atoms with E-state index >= 15 is 0 Å². The fourth-order valence-electron chi connectivity index (χ4n) is 2.66. The van der Waals surface area contributed by atoms with E-state index in [1.807, 2.05) is 20.8 Å². The van der Waals surface area contributed by atoms with Gasteiger partial charge in [-0.05, 0) is 36.6 Å². The number of carboxylic acids is 1. The minimum Gasteiger partial charge on any atom is -0.508 e. The SMILES string of the molecule is CCN(c1ccc(O)c(C(C)C)c1)c1c(Cl)c(F)nc(NCC(=O)O)c1Cl. The van der Waals surface area contributed by atoms with Crippen LogP contribution in [0.25, 0.3) is 0 Å². The van der Waals surface area contributed by atoms with Crippen LogP contribution in [0, 0.1) is 5.95 Å². The number of hydrogen-bond acceptors (Lipinski definition) is 5. The number of pyridine rings is 1. The van der Waals surface area contributed by atoms with Gasteiger partial charge in [-0.2, -0.15) is 9.37 Å². The smallest absolute Gasteiger partial charge is 0.322 e. The number of benzene rings is 1. The van der Waals surface area contributed by atoms with Crippen LogP contribution in [0.5, 0.6) is 5.75 Å². The van der Waals surface area contributed by atoms with Gasteiger partial charge in [-0.25, -0.2) is 0 Å². The second-order valence-corrected chi connectivity index (χ2v) is 6.87. The second kappa shape index (κ2) is 8.63. The number of aromatic hydroxyl groups is 1. The Morgan fingerprint density at radius 2 is 2.00 bits per heavy atom. The maximum Gasteiger partial charge on any atom is 0.322 e. The molecule has 0 spiro atoms. The zero-order valence-electron chi connectivity index (χ0n) is 15.1. The molecule has 2 aromatic rings. The van der Waals surface area contributed by atoms with Crippen LogP contribution in [0.4, 0.5) is 21.6 Å². The third-order valence-corrected chi connectivity index (χ3v) is 4.65. The fraction of sp³-hybridized carbons (Fsp3) is 0.333. The second-order valence-electron chi connectivity index (χ2n) is 6.12. The van der Waals surface area contributed by atoms with E-state index in [9.17, 15) is 14.3 Å². The molecule has 3 N–H and O–H groups in total. The Hall–Kier alpha value is -2.25. The van der Waals surface area contributed by atoms with Crippen molar-refractivity contribution in [2.45, 2.75) is 26.7 Å². The summed E-state index contributed by atoms with van der Waals surface area (Å²) in [6.45, 7) is 5.63. The standard InChI is InChI=1S/C18H20Cl2FN3O3/c1-4-24(10-5-6-12(25)11(7-10)9(2)3)16-14(19)17(21)23-18(15(16)20)22-8-13(26)27/h5-7,9,25H,4,8H2,1-3H3,(H,22,23)(H,26,27). The number of carbonyl (C=O) groups is 1. The Morgan fingerprint density at radius 1 is 1.33 bits per heavy atom. The first kappa shape index (κ1) is 21.1. The molecule has 0 fully saturated rings. The molecule has 27 heavy (non-hydrogen) atoms. The molecule has 9 heteroatoms. The zero-order valence-corrected chi connectivity index (χ0v) is 16.6. The molecule has 0 bridgehead atoms. The highest BCUT2D eigenvalue weighted by atomic mass is 35.5. The van der Waals surface area contributed by atoms with Crippen molar-refractivity contribution < 1.29 is 19.4 Å². The minimum atomic E-state index is -1.14. The van der Waals surface area contributed by atoms with Gasteiger partial charge < -0.3 is 20.4 Å². The summed E-state index contributed by atoms with van der Waals surface area (Å²) in [5.74, 6) is -2.00. The lowest BCUT2D eigenvalue weighted by Gasteiger charge is -2.27. The summed E-state index contributed by atoms with van der Waals surface area (Å²) in [5.41, 5.74) is 1.54. The molecule has 6 nitrogen and oxygen atoms in total. The minimum absolute atomic E-state index is 0.00340. The van der Waals surface area contributed by atoms with Crippen molar-refractivity contribution in [3.05, 3.63) is 39.8 Å². The van der Waals surface area contributed by atoms with Gasteiger partial charge in [0.25, 0.3) is 0 Å². The van der Waals surface area contributed by atoms with Crippen LogP contribution >= 0.6 is 23.2 Å². The lowest BCUT2D eigenvalue weighted by Crippen LogP contribution is -2.20. The first-order valence-corrected chi connectivity index (χ1v) is 9.03. The topological polar surface area (TPSA) is 85.7 Å². The molecule has 1 aromatic carbocycles. The number of aliphatic carboxylic acids is 1. The van der Waals surface area contributed by atoms with Crippen molar-refractivity contribution >= 4 is 46.4 Å². The lowest BCUT2D eigenvalue weighted by atomic mass is 10.0. The number of phenolic OH excluding ortho intramolecular Hbond substituents is 1. The highest BCUT2D eigenvalue weighted by molar-refractivity contribution is 6.40. The highest BCUT2D eigenvalue weighted by Gasteiger charge is 2.24. The van der Waals surface area contributed by atoms with E-state index < -0.39 is 18.5 Å². The Morgan fingerprint density at radius 3 is 2.56 bits per heavy atom. The Labute approximate surface area is 166 Å². The predicted molar refractivity (Wildman–Crippen MR) is 105 cm³/mol. The third-order valence-electron chi connectivity index (χ3n) is 3.95. The summed E-state index contributed by atoms with van der Waals surface area (Å²) in [6.07, 6.45) is 0. The number of aromatic nitrogens is 1. The molecule has 0 saturated carbocycles. The summed E-state index contributed by atoms with van der Waals surface area (Å²) in [7, 11) is 0. The van der Waals surface area contributed by atoms with Crippen molar-refractivity contribution in [2.24, 2.45) is 0 Å². The first-order chi connectivity index (χ1) is 12.7. The summed E-state index contributed by atoms with van der Waals surface area (Å²) < 4.78 is 14.3. The molecular weight excluding hydrogens is 396 g/mol. The van der Waals surface area contributed by atoms with Gasteiger partial charge in [-0.3, -0.25) is 4.79 Å². The molecule has 0 aliphatic heterocycles. The van der Waals surface area contributed by atoms with Crippen molar-refractivity contribution in [3.63, 3.8) is 0 Å². The highest BCUT2D eigenvalue weighted by Crippen LogP contribution is 2.43. The first-order valence-electron chi connectivity index (χ1n) is 8.27. The van der Waals surface area contributed by atoms with Crippen molar-refractivity contribution in [1.29, 1.82) is 0 Å². The molecule has 0 unspecified atom stereocenters. The van der Waals surface area contributed by atoms with E-state index in [-0.39, 0.29) is 33.2 Å². The average Bonchev–Trinajstić information content (AvgIpc) is 2.61. The van der Waals surface area contributed by atoms with Gasteiger partial charge in [-0.1, -0.05) is 37.0 Å². The van der Waals surface area contributed by atoms with Crippen molar-refractivity contribution in [3.8, 4) is 5.75 Å². The largest absolute Gasteiger partial charge is 0.508 e. The van der Waals surface area contributed by atoms with Crippen LogP contribution in [-0.4, -0.2) is 34.3 Å². The summed E-state index contributed by atoms with van der Waals surface area (Å²) in [5, 5.41) is 21.1. The summed E-state index contributed by atoms with van der Waals surface area (Å²) in [6, 6.07) is 5.00.